The normalized spacial score (nSPS) is 11.0. The van der Waals surface area contributed by atoms with E-state index in [1.165, 1.54) is 12.1 Å². The molecule has 0 saturated carbocycles. The van der Waals surface area contributed by atoms with Crippen LogP contribution in [0.2, 0.25) is 0 Å². The van der Waals surface area contributed by atoms with Gasteiger partial charge >= 0.3 is 11.9 Å². The summed E-state index contributed by atoms with van der Waals surface area (Å²) in [5, 5.41) is 25.5. The van der Waals surface area contributed by atoms with Crippen LogP contribution in [0.5, 0.6) is 0 Å². The second-order valence-corrected chi connectivity index (χ2v) is 7.77. The molecule has 0 saturated heterocycles. The van der Waals surface area contributed by atoms with Crippen molar-refractivity contribution in [3.63, 3.8) is 0 Å². The monoisotopic (exact) mass is 453 g/mol. The second kappa shape index (κ2) is 9.46. The van der Waals surface area contributed by atoms with Gasteiger partial charge in [-0.1, -0.05) is 36.4 Å². The van der Waals surface area contributed by atoms with Gasteiger partial charge in [0.15, 0.2) is 0 Å². The predicted octanol–water partition coefficient (Wildman–Crippen LogP) is 5.66. The number of nitrogens with zero attached hydrogens (tertiary/aromatic N) is 3. The molecule has 0 atom stereocenters. The molecule has 3 aromatic carbocycles. The summed E-state index contributed by atoms with van der Waals surface area (Å²) in [5.74, 6) is -2.37. The van der Waals surface area contributed by atoms with Crippen LogP contribution < -0.4 is 5.01 Å². The molecule has 1 aromatic heterocycles. The Hall–Kier alpha value is -4.65. The van der Waals surface area contributed by atoms with Gasteiger partial charge in [-0.05, 0) is 62.4 Å². The molecule has 0 spiro atoms. The van der Waals surface area contributed by atoms with Gasteiger partial charge in [-0.15, -0.1) is 0 Å². The molecular formula is C27H23N3O4. The molecule has 2 N–H and O–H groups in total. The lowest BCUT2D eigenvalue weighted by molar-refractivity contribution is 0.0696. The van der Waals surface area contributed by atoms with Crippen molar-refractivity contribution >= 4 is 29.5 Å². The number of aromatic carboxylic acids is 2. The third-order valence-corrected chi connectivity index (χ3v) is 5.45. The first-order chi connectivity index (χ1) is 16.3. The fourth-order valence-corrected chi connectivity index (χ4v) is 3.84. The number of aromatic nitrogens is 1. The minimum atomic E-state index is -1.19. The maximum Gasteiger partial charge on any atom is 0.335 e. The molecule has 0 aliphatic heterocycles. The van der Waals surface area contributed by atoms with Gasteiger partial charge in [0.05, 0.1) is 28.7 Å². The van der Waals surface area contributed by atoms with Crippen LogP contribution in [0.1, 0.15) is 37.7 Å². The van der Waals surface area contributed by atoms with Crippen molar-refractivity contribution in [2.45, 2.75) is 13.8 Å². The van der Waals surface area contributed by atoms with Crippen molar-refractivity contribution in [1.82, 2.24) is 4.57 Å². The third-order valence-electron chi connectivity index (χ3n) is 5.45. The van der Waals surface area contributed by atoms with E-state index in [0.717, 1.165) is 34.4 Å². The highest BCUT2D eigenvalue weighted by Gasteiger charge is 2.16. The van der Waals surface area contributed by atoms with E-state index in [1.54, 1.807) is 6.21 Å². The van der Waals surface area contributed by atoms with Crippen LogP contribution in [0.3, 0.4) is 0 Å². The van der Waals surface area contributed by atoms with Crippen LogP contribution in [0.25, 0.3) is 5.69 Å². The standard InChI is InChI=1S/C27H23N3O4/c1-18-13-22(17-28-30(23-9-5-3-6-10-23)24-11-7-4-8-12-24)19(2)29(18)25-15-20(26(31)32)14-21(16-25)27(33)34/h3-17H,1-2H3,(H,31,32)(H,33,34)/b28-17-. The summed E-state index contributed by atoms with van der Waals surface area (Å²) in [7, 11) is 0. The number of anilines is 2. The van der Waals surface area contributed by atoms with Crippen molar-refractivity contribution in [2.75, 3.05) is 5.01 Å². The van der Waals surface area contributed by atoms with Gasteiger partial charge in [-0.2, -0.15) is 5.10 Å². The number of aryl methyl sites for hydroxylation is 1. The summed E-state index contributed by atoms with van der Waals surface area (Å²) >= 11 is 0. The zero-order chi connectivity index (χ0) is 24.2. The number of carboxylic acids is 2. The Bertz CT molecular complexity index is 1300. The van der Waals surface area contributed by atoms with Crippen molar-refractivity contribution in [2.24, 2.45) is 5.10 Å². The quantitative estimate of drug-likeness (QED) is 0.278. The molecule has 4 aromatic rings. The highest BCUT2D eigenvalue weighted by molar-refractivity contribution is 5.95. The fourth-order valence-electron chi connectivity index (χ4n) is 3.84. The lowest BCUT2D eigenvalue weighted by Gasteiger charge is -2.19. The lowest BCUT2D eigenvalue weighted by Crippen LogP contribution is -2.09. The number of rotatable bonds is 7. The number of para-hydroxylation sites is 2. The van der Waals surface area contributed by atoms with E-state index in [1.807, 2.05) is 90.2 Å². The molecule has 0 radical (unpaired) electrons. The first-order valence-corrected chi connectivity index (χ1v) is 10.6. The molecule has 1 heterocycles. The summed E-state index contributed by atoms with van der Waals surface area (Å²) in [6.45, 7) is 3.77. The number of carbonyl (C=O) groups is 2. The molecule has 34 heavy (non-hydrogen) atoms. The maximum absolute atomic E-state index is 11.6. The van der Waals surface area contributed by atoms with Crippen LogP contribution in [0, 0.1) is 13.8 Å². The average Bonchev–Trinajstić information content (AvgIpc) is 3.13. The Balaban J connectivity index is 1.77. The first-order valence-electron chi connectivity index (χ1n) is 10.6. The van der Waals surface area contributed by atoms with Crippen LogP contribution in [0.15, 0.2) is 90.0 Å². The lowest BCUT2D eigenvalue weighted by atomic mass is 10.1. The zero-order valence-electron chi connectivity index (χ0n) is 18.7. The molecule has 0 unspecified atom stereocenters. The smallest absolute Gasteiger partial charge is 0.335 e. The third kappa shape index (κ3) is 4.59. The van der Waals surface area contributed by atoms with Crippen LogP contribution in [-0.2, 0) is 0 Å². The number of carboxylic acid groups (broad SMARTS) is 2. The Labute approximate surface area is 196 Å². The topological polar surface area (TPSA) is 95.1 Å². The second-order valence-electron chi connectivity index (χ2n) is 7.77. The minimum absolute atomic E-state index is 0.0862. The molecule has 170 valence electrons. The maximum atomic E-state index is 11.6. The summed E-state index contributed by atoms with van der Waals surface area (Å²) in [5.41, 5.74) is 4.55. The molecule has 0 amide bonds. The molecule has 7 nitrogen and oxygen atoms in total. The fraction of sp³-hybridized carbons (Fsp3) is 0.0741. The highest BCUT2D eigenvalue weighted by Crippen LogP contribution is 2.26. The Morgan fingerprint density at radius 1 is 0.794 bits per heavy atom. The molecule has 7 heteroatoms. The van der Waals surface area contributed by atoms with E-state index in [0.29, 0.717) is 5.69 Å². The van der Waals surface area contributed by atoms with E-state index >= 15 is 0 Å². The molecule has 0 aliphatic carbocycles. The van der Waals surface area contributed by atoms with Gasteiger partial charge in [0.25, 0.3) is 0 Å². The van der Waals surface area contributed by atoms with Gasteiger partial charge in [0.1, 0.15) is 0 Å². The van der Waals surface area contributed by atoms with Gasteiger partial charge in [-0.3, -0.25) is 0 Å². The Morgan fingerprint density at radius 3 is 1.76 bits per heavy atom. The summed E-state index contributed by atoms with van der Waals surface area (Å²) in [6, 6.07) is 25.6. The SMILES string of the molecule is Cc1cc(/C=N\N(c2ccccc2)c2ccccc2)c(C)n1-c1cc(C(=O)O)cc(C(=O)O)c1. The van der Waals surface area contributed by atoms with Crippen molar-refractivity contribution < 1.29 is 19.8 Å². The summed E-state index contributed by atoms with van der Waals surface area (Å²) < 4.78 is 1.83. The van der Waals surface area contributed by atoms with Gasteiger partial charge < -0.3 is 14.8 Å². The zero-order valence-corrected chi connectivity index (χ0v) is 18.7. The van der Waals surface area contributed by atoms with Gasteiger partial charge in [-0.25, -0.2) is 14.6 Å². The predicted molar refractivity (Wildman–Crippen MR) is 132 cm³/mol. The molecule has 4 rings (SSSR count). The minimum Gasteiger partial charge on any atom is -0.478 e. The van der Waals surface area contributed by atoms with Gasteiger partial charge in [0, 0.05) is 22.6 Å². The largest absolute Gasteiger partial charge is 0.478 e. The number of hydrogen-bond acceptors (Lipinski definition) is 4. The molecular weight excluding hydrogens is 430 g/mol. The van der Waals surface area contributed by atoms with Crippen molar-refractivity contribution in [3.05, 3.63) is 113 Å². The number of hydrogen-bond donors (Lipinski definition) is 2. The van der Waals surface area contributed by atoms with Gasteiger partial charge in [0.2, 0.25) is 0 Å². The average molecular weight is 453 g/mol. The van der Waals surface area contributed by atoms with Crippen molar-refractivity contribution in [3.8, 4) is 5.69 Å². The summed E-state index contributed by atoms with van der Waals surface area (Å²) in [4.78, 5) is 23.1. The first kappa shape index (κ1) is 22.5. The van der Waals surface area contributed by atoms with E-state index in [4.69, 9.17) is 5.10 Å². The van der Waals surface area contributed by atoms with E-state index in [2.05, 4.69) is 0 Å². The molecule has 0 aliphatic rings. The van der Waals surface area contributed by atoms with Crippen LogP contribution in [-0.4, -0.2) is 32.9 Å². The number of benzene rings is 3. The Kier molecular flexibility index (Phi) is 6.27. The summed E-state index contributed by atoms with van der Waals surface area (Å²) in [6.07, 6.45) is 1.75. The van der Waals surface area contributed by atoms with Crippen LogP contribution in [0.4, 0.5) is 11.4 Å². The highest BCUT2D eigenvalue weighted by atomic mass is 16.4. The number of hydrazone groups is 1. The van der Waals surface area contributed by atoms with Crippen molar-refractivity contribution in [1.29, 1.82) is 0 Å². The Morgan fingerprint density at radius 2 is 1.29 bits per heavy atom. The van der Waals surface area contributed by atoms with Crippen LogP contribution >= 0.6 is 0 Å². The van der Waals surface area contributed by atoms with E-state index in [9.17, 15) is 19.8 Å². The van der Waals surface area contributed by atoms with E-state index < -0.39 is 11.9 Å². The van der Waals surface area contributed by atoms with E-state index in [-0.39, 0.29) is 11.1 Å². The molecule has 0 fully saturated rings. The molecule has 0 bridgehead atoms.